The molecule has 0 fully saturated rings. The summed E-state index contributed by atoms with van der Waals surface area (Å²) < 4.78 is 44.8. The topological polar surface area (TPSA) is 62.8 Å². The third-order valence-electron chi connectivity index (χ3n) is 4.73. The maximum absolute atomic E-state index is 13.0. The molecule has 0 amide bonds. The summed E-state index contributed by atoms with van der Waals surface area (Å²) in [6, 6.07) is 8.61. The molecule has 3 aromatic rings. The van der Waals surface area contributed by atoms with Crippen LogP contribution in [0.5, 0.6) is 5.75 Å². The van der Waals surface area contributed by atoms with Crippen molar-refractivity contribution in [2.45, 2.75) is 25.6 Å². The van der Waals surface area contributed by atoms with E-state index in [2.05, 4.69) is 27.2 Å². The van der Waals surface area contributed by atoms with E-state index < -0.39 is 11.9 Å². The van der Waals surface area contributed by atoms with E-state index in [4.69, 9.17) is 4.74 Å². The molecule has 2 atom stereocenters. The number of aromatic amines is 1. The largest absolute Gasteiger partial charge is 0.493 e. The molecule has 0 unspecified atom stereocenters. The van der Waals surface area contributed by atoms with Crippen molar-refractivity contribution in [3.8, 4) is 5.75 Å². The van der Waals surface area contributed by atoms with Crippen LogP contribution in [0.2, 0.25) is 0 Å². The fourth-order valence-electron chi connectivity index (χ4n) is 3.32. The minimum absolute atomic E-state index is 0.104. The smallest absolute Gasteiger partial charge is 0.431 e. The second kappa shape index (κ2) is 6.19. The molecule has 1 aromatic carbocycles. The summed E-state index contributed by atoms with van der Waals surface area (Å²) in [4.78, 5) is 10.4. The van der Waals surface area contributed by atoms with Crippen molar-refractivity contribution in [3.63, 3.8) is 0 Å². The third kappa shape index (κ3) is 2.85. The van der Waals surface area contributed by atoms with E-state index in [1.807, 2.05) is 24.3 Å². The van der Waals surface area contributed by atoms with Crippen LogP contribution in [-0.4, -0.2) is 21.6 Å². The second-order valence-electron chi connectivity index (χ2n) is 6.30. The number of aromatic nitrogens is 3. The average molecular weight is 362 g/mol. The Morgan fingerprint density at radius 1 is 1.27 bits per heavy atom. The van der Waals surface area contributed by atoms with E-state index in [9.17, 15) is 13.2 Å². The number of H-pyrrole nitrogens is 1. The maximum Gasteiger partial charge on any atom is 0.431 e. The minimum Gasteiger partial charge on any atom is -0.493 e. The van der Waals surface area contributed by atoms with Crippen LogP contribution < -0.4 is 10.1 Å². The summed E-state index contributed by atoms with van der Waals surface area (Å²) in [7, 11) is 0. The normalized spacial score (nSPS) is 19.8. The highest BCUT2D eigenvalue weighted by atomic mass is 19.4. The van der Waals surface area contributed by atoms with E-state index in [1.54, 1.807) is 0 Å². The molecule has 2 aromatic heterocycles. The number of fused-ring (bicyclic) bond motifs is 2. The Kier molecular flexibility index (Phi) is 3.97. The monoisotopic (exact) mass is 362 g/mol. The highest BCUT2D eigenvalue weighted by Gasteiger charge is 2.34. The predicted octanol–water partition coefficient (Wildman–Crippen LogP) is 4.55. The Morgan fingerprint density at radius 2 is 2.08 bits per heavy atom. The fraction of sp³-hybridized carbons (Fsp3) is 0.333. The van der Waals surface area contributed by atoms with Gasteiger partial charge in [0.15, 0.2) is 0 Å². The van der Waals surface area contributed by atoms with Crippen molar-refractivity contribution in [2.75, 3.05) is 11.9 Å². The molecule has 0 saturated carbocycles. The zero-order chi connectivity index (χ0) is 18.3. The number of para-hydroxylation sites is 1. The first-order valence-corrected chi connectivity index (χ1v) is 8.36. The number of hydrogen-bond acceptors (Lipinski definition) is 4. The van der Waals surface area contributed by atoms with Crippen LogP contribution in [-0.2, 0) is 6.18 Å². The number of rotatable bonds is 3. The van der Waals surface area contributed by atoms with E-state index >= 15 is 0 Å². The Labute approximate surface area is 147 Å². The molecular formula is C18H17F3N4O. The van der Waals surface area contributed by atoms with Crippen LogP contribution in [0.15, 0.2) is 36.7 Å². The van der Waals surface area contributed by atoms with Gasteiger partial charge < -0.3 is 15.0 Å². The van der Waals surface area contributed by atoms with Gasteiger partial charge in [-0.1, -0.05) is 25.1 Å². The van der Waals surface area contributed by atoms with Crippen molar-refractivity contribution >= 4 is 16.9 Å². The highest BCUT2D eigenvalue weighted by Crippen LogP contribution is 2.40. The molecule has 8 heteroatoms. The summed E-state index contributed by atoms with van der Waals surface area (Å²) in [5.74, 6) is 1.34. The van der Waals surface area contributed by atoms with E-state index in [1.165, 1.54) is 6.33 Å². The van der Waals surface area contributed by atoms with Gasteiger partial charge in [-0.25, -0.2) is 9.97 Å². The van der Waals surface area contributed by atoms with E-state index in [0.29, 0.717) is 17.8 Å². The number of nitrogens with zero attached hydrogens (tertiary/aromatic N) is 2. The fourth-order valence-corrected chi connectivity index (χ4v) is 3.32. The first-order chi connectivity index (χ1) is 12.5. The van der Waals surface area contributed by atoms with Gasteiger partial charge in [-0.05, 0) is 18.6 Å². The van der Waals surface area contributed by atoms with Gasteiger partial charge in [0.1, 0.15) is 29.2 Å². The third-order valence-corrected chi connectivity index (χ3v) is 4.73. The lowest BCUT2D eigenvalue weighted by Crippen LogP contribution is -2.30. The SMILES string of the molecule is CC[C@@H]1COc2ccccc2[C@@H]1Nc1ncnc2[nH]c(C(F)(F)F)cc12. The molecule has 0 spiro atoms. The van der Waals surface area contributed by atoms with Gasteiger partial charge in [0, 0.05) is 11.5 Å². The molecule has 0 radical (unpaired) electrons. The first-order valence-electron chi connectivity index (χ1n) is 8.36. The number of nitrogens with one attached hydrogen (secondary N) is 2. The molecule has 5 nitrogen and oxygen atoms in total. The first kappa shape index (κ1) is 16.7. The van der Waals surface area contributed by atoms with E-state index in [0.717, 1.165) is 23.8 Å². The highest BCUT2D eigenvalue weighted by molar-refractivity contribution is 5.88. The molecule has 1 aliphatic heterocycles. The molecule has 26 heavy (non-hydrogen) atoms. The van der Waals surface area contributed by atoms with Crippen molar-refractivity contribution < 1.29 is 17.9 Å². The van der Waals surface area contributed by atoms with Gasteiger partial charge in [0.2, 0.25) is 0 Å². The summed E-state index contributed by atoms with van der Waals surface area (Å²) in [6.45, 7) is 2.60. The number of alkyl halides is 3. The van der Waals surface area contributed by atoms with Crippen LogP contribution in [0.25, 0.3) is 11.0 Å². The standard InChI is InChI=1S/C18H17F3N4O/c1-2-10-8-26-13-6-4-3-5-11(13)15(10)25-17-12-7-14(18(19,20)21)24-16(12)22-9-23-17/h3-7,9-10,15H,2,8H2,1H3,(H2,22,23,24,25)/t10-,15-/m1/s1. The molecule has 2 N–H and O–H groups in total. The molecule has 0 saturated heterocycles. The average Bonchev–Trinajstić information content (AvgIpc) is 3.08. The summed E-state index contributed by atoms with van der Waals surface area (Å²) >= 11 is 0. The lowest BCUT2D eigenvalue weighted by atomic mass is 9.88. The lowest BCUT2D eigenvalue weighted by molar-refractivity contribution is -0.140. The van der Waals surface area contributed by atoms with Gasteiger partial charge in [-0.15, -0.1) is 0 Å². The summed E-state index contributed by atoms with van der Waals surface area (Å²) in [5.41, 5.74) is 0.294. The number of hydrogen-bond donors (Lipinski definition) is 2. The van der Waals surface area contributed by atoms with Crippen LogP contribution in [0, 0.1) is 5.92 Å². The predicted molar refractivity (Wildman–Crippen MR) is 91.0 cm³/mol. The van der Waals surface area contributed by atoms with Crippen molar-refractivity contribution in [1.29, 1.82) is 0 Å². The maximum atomic E-state index is 13.0. The van der Waals surface area contributed by atoms with Gasteiger partial charge in [0.25, 0.3) is 0 Å². The Hall–Kier alpha value is -2.77. The second-order valence-corrected chi connectivity index (χ2v) is 6.30. The van der Waals surface area contributed by atoms with Crippen LogP contribution in [0.4, 0.5) is 19.0 Å². The molecule has 3 heterocycles. The summed E-state index contributed by atoms with van der Waals surface area (Å²) in [6.07, 6.45) is -2.34. The van der Waals surface area contributed by atoms with Crippen molar-refractivity contribution in [1.82, 2.24) is 15.0 Å². The number of ether oxygens (including phenoxy) is 1. The molecular weight excluding hydrogens is 345 g/mol. The van der Waals surface area contributed by atoms with Crippen molar-refractivity contribution in [3.05, 3.63) is 47.9 Å². The van der Waals surface area contributed by atoms with Gasteiger partial charge >= 0.3 is 6.18 Å². The Bertz CT molecular complexity index is 938. The van der Waals surface area contributed by atoms with Crippen LogP contribution >= 0.6 is 0 Å². The Balaban J connectivity index is 1.76. The molecule has 0 aliphatic carbocycles. The van der Waals surface area contributed by atoms with Crippen LogP contribution in [0.1, 0.15) is 30.6 Å². The summed E-state index contributed by atoms with van der Waals surface area (Å²) in [5, 5.41) is 3.65. The molecule has 4 rings (SSSR count). The van der Waals surface area contributed by atoms with Gasteiger partial charge in [0.05, 0.1) is 18.0 Å². The molecule has 1 aliphatic rings. The quantitative estimate of drug-likeness (QED) is 0.718. The lowest BCUT2D eigenvalue weighted by Gasteiger charge is -2.34. The van der Waals surface area contributed by atoms with Crippen LogP contribution in [0.3, 0.4) is 0 Å². The Morgan fingerprint density at radius 3 is 2.85 bits per heavy atom. The van der Waals surface area contributed by atoms with Crippen molar-refractivity contribution in [2.24, 2.45) is 5.92 Å². The van der Waals surface area contributed by atoms with Gasteiger partial charge in [-0.2, -0.15) is 13.2 Å². The molecule has 0 bridgehead atoms. The number of benzene rings is 1. The van der Waals surface area contributed by atoms with E-state index in [-0.39, 0.29) is 17.6 Å². The number of halogens is 3. The zero-order valence-electron chi connectivity index (χ0n) is 14.0. The zero-order valence-corrected chi connectivity index (χ0v) is 14.0. The van der Waals surface area contributed by atoms with Gasteiger partial charge in [-0.3, -0.25) is 0 Å². The molecule has 136 valence electrons. The minimum atomic E-state index is -4.46. The number of anilines is 1.